The number of anilines is 1. The van der Waals surface area contributed by atoms with E-state index in [0.717, 1.165) is 10.9 Å². The maximum atomic E-state index is 12.7. The number of amides is 2. The maximum absolute atomic E-state index is 12.7. The maximum Gasteiger partial charge on any atom is 0.290 e. The van der Waals surface area contributed by atoms with E-state index in [1.807, 2.05) is 19.1 Å². The van der Waals surface area contributed by atoms with Gasteiger partial charge in [-0.15, -0.1) is 0 Å². The third-order valence-electron chi connectivity index (χ3n) is 4.02. The number of carbonyl (C=O) groups is 2. The van der Waals surface area contributed by atoms with Crippen LogP contribution in [0.4, 0.5) is 5.82 Å². The summed E-state index contributed by atoms with van der Waals surface area (Å²) in [6.45, 7) is 3.57. The Bertz CT molecular complexity index is 997. The molecule has 0 atom stereocenters. The van der Waals surface area contributed by atoms with E-state index >= 15 is 0 Å². The summed E-state index contributed by atoms with van der Waals surface area (Å²) >= 11 is 6.12. The molecule has 0 radical (unpaired) electrons. The first kappa shape index (κ1) is 17.9. The van der Waals surface area contributed by atoms with Crippen molar-refractivity contribution in [1.82, 2.24) is 9.88 Å². The van der Waals surface area contributed by atoms with Crippen molar-refractivity contribution >= 4 is 40.2 Å². The number of carbonyl (C=O) groups excluding carboxylic acids is 2. The fourth-order valence-corrected chi connectivity index (χ4v) is 2.87. The normalized spacial score (nSPS) is 10.8. The van der Waals surface area contributed by atoms with Crippen LogP contribution in [0.15, 0.2) is 40.9 Å². The van der Waals surface area contributed by atoms with Crippen molar-refractivity contribution in [3.8, 4) is 0 Å². The first-order valence-corrected chi connectivity index (χ1v) is 8.40. The molecule has 0 bridgehead atoms. The topological polar surface area (TPSA) is 75.4 Å². The summed E-state index contributed by atoms with van der Waals surface area (Å²) < 4.78 is 5.66. The fraction of sp³-hybridized carbons (Fsp3) is 0.211. The number of benzene rings is 1. The number of rotatable bonds is 4. The SMILES string of the molecule is Cc1ccnc(NC(=O)CN(C)C(=O)c2oc3c(Cl)cccc3c2C)c1. The zero-order valence-electron chi connectivity index (χ0n) is 14.7. The van der Waals surface area contributed by atoms with E-state index in [2.05, 4.69) is 10.3 Å². The van der Waals surface area contributed by atoms with Crippen LogP contribution in [0.2, 0.25) is 5.02 Å². The highest BCUT2D eigenvalue weighted by Gasteiger charge is 2.23. The second kappa shape index (κ2) is 7.17. The van der Waals surface area contributed by atoms with Crippen LogP contribution in [-0.2, 0) is 4.79 Å². The number of likely N-dealkylation sites (N-methyl/N-ethyl adjacent to an activating group) is 1. The molecule has 6 nitrogen and oxygen atoms in total. The predicted molar refractivity (Wildman–Crippen MR) is 101 cm³/mol. The summed E-state index contributed by atoms with van der Waals surface area (Å²) in [4.78, 5) is 30.2. The summed E-state index contributed by atoms with van der Waals surface area (Å²) in [6.07, 6.45) is 1.61. The van der Waals surface area contributed by atoms with Crippen molar-refractivity contribution in [2.75, 3.05) is 18.9 Å². The highest BCUT2D eigenvalue weighted by Crippen LogP contribution is 2.31. The third kappa shape index (κ3) is 3.55. The van der Waals surface area contributed by atoms with Crippen molar-refractivity contribution in [3.05, 3.63) is 58.4 Å². The average molecular weight is 372 g/mol. The van der Waals surface area contributed by atoms with Crippen LogP contribution >= 0.6 is 11.6 Å². The molecule has 1 N–H and O–H groups in total. The molecule has 2 aromatic heterocycles. The van der Waals surface area contributed by atoms with Crippen LogP contribution in [0.1, 0.15) is 21.7 Å². The van der Waals surface area contributed by atoms with E-state index in [-0.39, 0.29) is 24.1 Å². The average Bonchev–Trinajstić information content (AvgIpc) is 2.92. The molecule has 3 aromatic rings. The first-order valence-electron chi connectivity index (χ1n) is 8.02. The number of aryl methyl sites for hydroxylation is 2. The van der Waals surface area contributed by atoms with Crippen LogP contribution in [0.25, 0.3) is 11.0 Å². The van der Waals surface area contributed by atoms with Crippen molar-refractivity contribution in [2.45, 2.75) is 13.8 Å². The van der Waals surface area contributed by atoms with E-state index in [4.69, 9.17) is 16.0 Å². The fourth-order valence-electron chi connectivity index (χ4n) is 2.66. The Balaban J connectivity index is 1.74. The Labute approximate surface area is 155 Å². The number of pyridine rings is 1. The van der Waals surface area contributed by atoms with Gasteiger partial charge in [0.05, 0.1) is 5.02 Å². The molecule has 1 aromatic carbocycles. The lowest BCUT2D eigenvalue weighted by Gasteiger charge is -2.15. The van der Waals surface area contributed by atoms with E-state index in [1.54, 1.807) is 38.4 Å². The number of halogens is 1. The van der Waals surface area contributed by atoms with Gasteiger partial charge in [-0.05, 0) is 37.6 Å². The number of nitrogens with zero attached hydrogens (tertiary/aromatic N) is 2. The van der Waals surface area contributed by atoms with Gasteiger partial charge in [-0.1, -0.05) is 23.7 Å². The molecular weight excluding hydrogens is 354 g/mol. The van der Waals surface area contributed by atoms with Gasteiger partial charge in [0.2, 0.25) is 5.91 Å². The molecule has 0 aliphatic carbocycles. The van der Waals surface area contributed by atoms with Crippen LogP contribution in [0.3, 0.4) is 0 Å². The molecule has 134 valence electrons. The van der Waals surface area contributed by atoms with Crippen LogP contribution in [0.5, 0.6) is 0 Å². The molecule has 2 amide bonds. The minimum atomic E-state index is -0.387. The minimum absolute atomic E-state index is 0.126. The van der Waals surface area contributed by atoms with Gasteiger partial charge in [-0.2, -0.15) is 0 Å². The van der Waals surface area contributed by atoms with E-state index < -0.39 is 0 Å². The molecule has 0 fully saturated rings. The monoisotopic (exact) mass is 371 g/mol. The Morgan fingerprint density at radius 2 is 2.04 bits per heavy atom. The van der Waals surface area contributed by atoms with E-state index in [0.29, 0.717) is 22.0 Å². The Morgan fingerprint density at radius 1 is 1.27 bits per heavy atom. The van der Waals surface area contributed by atoms with Gasteiger partial charge >= 0.3 is 0 Å². The molecule has 0 unspecified atom stereocenters. The molecule has 0 saturated heterocycles. The van der Waals surface area contributed by atoms with Crippen molar-refractivity contribution in [1.29, 1.82) is 0 Å². The second-order valence-corrected chi connectivity index (χ2v) is 6.51. The van der Waals surface area contributed by atoms with Gasteiger partial charge in [0.1, 0.15) is 12.4 Å². The molecule has 2 heterocycles. The lowest BCUT2D eigenvalue weighted by Crippen LogP contribution is -2.35. The predicted octanol–water partition coefficient (Wildman–Crippen LogP) is 3.81. The highest BCUT2D eigenvalue weighted by atomic mass is 35.5. The van der Waals surface area contributed by atoms with Gasteiger partial charge in [-0.25, -0.2) is 4.98 Å². The lowest BCUT2D eigenvalue weighted by molar-refractivity contribution is -0.116. The number of nitrogens with one attached hydrogen (secondary N) is 1. The van der Waals surface area contributed by atoms with E-state index in [1.165, 1.54) is 4.90 Å². The van der Waals surface area contributed by atoms with Gasteiger partial charge in [0, 0.05) is 24.2 Å². The number of hydrogen-bond donors (Lipinski definition) is 1. The molecule has 0 aliphatic heterocycles. The largest absolute Gasteiger partial charge is 0.449 e. The zero-order valence-corrected chi connectivity index (χ0v) is 15.4. The lowest BCUT2D eigenvalue weighted by atomic mass is 10.1. The molecule has 3 rings (SSSR count). The number of furan rings is 1. The van der Waals surface area contributed by atoms with Crippen molar-refractivity contribution < 1.29 is 14.0 Å². The second-order valence-electron chi connectivity index (χ2n) is 6.10. The number of fused-ring (bicyclic) bond motifs is 1. The Hall–Kier alpha value is -2.86. The molecule has 0 aliphatic rings. The Morgan fingerprint density at radius 3 is 2.73 bits per heavy atom. The number of hydrogen-bond acceptors (Lipinski definition) is 4. The highest BCUT2D eigenvalue weighted by molar-refractivity contribution is 6.35. The van der Waals surface area contributed by atoms with Crippen LogP contribution < -0.4 is 5.32 Å². The number of aromatic nitrogens is 1. The number of para-hydroxylation sites is 1. The summed E-state index contributed by atoms with van der Waals surface area (Å²) in [6, 6.07) is 8.93. The molecule has 0 saturated carbocycles. The first-order chi connectivity index (χ1) is 12.4. The smallest absolute Gasteiger partial charge is 0.290 e. The summed E-state index contributed by atoms with van der Waals surface area (Å²) in [5.41, 5.74) is 2.14. The Kier molecular flexibility index (Phi) is 4.95. The standard InChI is InChI=1S/C19H18ClN3O3/c1-11-7-8-21-15(9-11)22-16(24)10-23(3)19(25)17-12(2)13-5-4-6-14(20)18(13)26-17/h4-9H,10H2,1-3H3,(H,21,22,24). The quantitative estimate of drug-likeness (QED) is 0.756. The summed E-state index contributed by atoms with van der Waals surface area (Å²) in [5.74, 6) is -0.104. The van der Waals surface area contributed by atoms with Gasteiger partial charge in [0.25, 0.3) is 5.91 Å². The summed E-state index contributed by atoms with van der Waals surface area (Å²) in [5, 5.41) is 3.90. The zero-order chi connectivity index (χ0) is 18.8. The van der Waals surface area contributed by atoms with Gasteiger partial charge < -0.3 is 14.6 Å². The molecule has 0 spiro atoms. The molecular formula is C19H18ClN3O3. The molecule has 26 heavy (non-hydrogen) atoms. The van der Waals surface area contributed by atoms with Gasteiger partial charge in [0.15, 0.2) is 11.3 Å². The van der Waals surface area contributed by atoms with Crippen molar-refractivity contribution in [2.24, 2.45) is 0 Å². The third-order valence-corrected chi connectivity index (χ3v) is 4.32. The van der Waals surface area contributed by atoms with Crippen LogP contribution in [0, 0.1) is 13.8 Å². The van der Waals surface area contributed by atoms with Gasteiger partial charge in [-0.3, -0.25) is 9.59 Å². The minimum Gasteiger partial charge on any atom is -0.449 e. The summed E-state index contributed by atoms with van der Waals surface area (Å²) in [7, 11) is 1.54. The van der Waals surface area contributed by atoms with E-state index in [9.17, 15) is 9.59 Å². The van der Waals surface area contributed by atoms with Crippen molar-refractivity contribution in [3.63, 3.8) is 0 Å². The molecule has 7 heteroatoms. The van der Waals surface area contributed by atoms with Crippen LogP contribution in [-0.4, -0.2) is 35.3 Å².